The van der Waals surface area contributed by atoms with E-state index in [2.05, 4.69) is 11.7 Å². The third-order valence-corrected chi connectivity index (χ3v) is 2.26. The lowest BCUT2D eigenvalue weighted by Gasteiger charge is -2.25. The van der Waals surface area contributed by atoms with Crippen molar-refractivity contribution >= 4 is 5.97 Å². The summed E-state index contributed by atoms with van der Waals surface area (Å²) >= 11 is 0. The first-order valence-corrected chi connectivity index (χ1v) is 5.43. The summed E-state index contributed by atoms with van der Waals surface area (Å²) in [5.41, 5.74) is 4.86. The zero-order valence-corrected chi connectivity index (χ0v) is 10.2. The lowest BCUT2D eigenvalue weighted by Crippen LogP contribution is -2.48. The van der Waals surface area contributed by atoms with Crippen LogP contribution in [0.25, 0.3) is 0 Å². The van der Waals surface area contributed by atoms with Crippen LogP contribution in [0.2, 0.25) is 0 Å². The highest BCUT2D eigenvalue weighted by molar-refractivity contribution is 5.79. The minimum Gasteiger partial charge on any atom is -0.468 e. The van der Waals surface area contributed by atoms with Gasteiger partial charge in [-0.05, 0) is 20.3 Å². The minimum absolute atomic E-state index is 0.0225. The molecule has 2 unspecified atom stereocenters. The summed E-state index contributed by atoms with van der Waals surface area (Å²) in [5.74, 6) is -0.395. The highest BCUT2D eigenvalue weighted by Crippen LogP contribution is 2.13. The Morgan fingerprint density at radius 3 is 2.60 bits per heavy atom. The quantitative estimate of drug-likeness (QED) is 0.518. The van der Waals surface area contributed by atoms with E-state index in [1.54, 1.807) is 6.92 Å². The Balaban J connectivity index is 3.93. The van der Waals surface area contributed by atoms with Gasteiger partial charge in [0.05, 0.1) is 13.2 Å². The number of carbonyl (C=O) groups is 1. The Kier molecular flexibility index (Phi) is 6.52. The van der Waals surface area contributed by atoms with Crippen LogP contribution in [0.5, 0.6) is 0 Å². The van der Waals surface area contributed by atoms with Crippen molar-refractivity contribution in [3.8, 4) is 0 Å². The fraction of sp³-hybridized carbons (Fsp3) is 0.909. The van der Waals surface area contributed by atoms with Gasteiger partial charge in [0.25, 0.3) is 0 Å². The number of methoxy groups -OCH3 is 1. The molecule has 0 aliphatic rings. The van der Waals surface area contributed by atoms with Gasteiger partial charge in [0, 0.05) is 13.0 Å². The molecule has 2 atom stereocenters. The maximum Gasteiger partial charge on any atom is 0.325 e. The molecule has 0 aliphatic carbocycles. The third kappa shape index (κ3) is 5.74. The zero-order chi connectivity index (χ0) is 11.9. The van der Waals surface area contributed by atoms with Gasteiger partial charge >= 0.3 is 5.97 Å². The van der Waals surface area contributed by atoms with Crippen LogP contribution in [0.3, 0.4) is 0 Å². The van der Waals surface area contributed by atoms with E-state index in [9.17, 15) is 4.79 Å². The standard InChI is InChI=1S/C11H23NO3/c1-5-6-7-15-9(2)8-11(3,12)10(13)14-4/h9H,5-8,12H2,1-4H3. The molecule has 0 amide bonds. The van der Waals surface area contributed by atoms with Crippen LogP contribution >= 0.6 is 0 Å². The van der Waals surface area contributed by atoms with Crippen LogP contribution < -0.4 is 5.73 Å². The summed E-state index contributed by atoms with van der Waals surface area (Å²) in [6, 6.07) is 0. The Morgan fingerprint density at radius 1 is 1.53 bits per heavy atom. The molecule has 0 aromatic carbocycles. The second-order valence-electron chi connectivity index (χ2n) is 4.15. The molecule has 0 saturated heterocycles. The number of hydrogen-bond donors (Lipinski definition) is 1. The van der Waals surface area contributed by atoms with E-state index < -0.39 is 11.5 Å². The largest absolute Gasteiger partial charge is 0.468 e. The Morgan fingerprint density at radius 2 is 2.13 bits per heavy atom. The van der Waals surface area contributed by atoms with E-state index in [1.807, 2.05) is 6.92 Å². The highest BCUT2D eigenvalue weighted by atomic mass is 16.5. The first-order chi connectivity index (χ1) is 6.94. The second kappa shape index (κ2) is 6.80. The SMILES string of the molecule is CCCCOC(C)CC(C)(N)C(=O)OC. The summed E-state index contributed by atoms with van der Waals surface area (Å²) in [6.07, 6.45) is 2.59. The molecule has 0 bridgehead atoms. The molecule has 2 N–H and O–H groups in total. The fourth-order valence-corrected chi connectivity index (χ4v) is 1.40. The van der Waals surface area contributed by atoms with Crippen molar-refractivity contribution in [1.82, 2.24) is 0 Å². The molecule has 15 heavy (non-hydrogen) atoms. The molecular formula is C11H23NO3. The molecule has 0 aromatic rings. The van der Waals surface area contributed by atoms with E-state index in [0.717, 1.165) is 19.4 Å². The molecule has 0 rings (SSSR count). The lowest BCUT2D eigenvalue weighted by atomic mass is 9.96. The predicted molar refractivity (Wildman–Crippen MR) is 59.5 cm³/mol. The van der Waals surface area contributed by atoms with Gasteiger partial charge in [0.2, 0.25) is 0 Å². The zero-order valence-electron chi connectivity index (χ0n) is 10.2. The topological polar surface area (TPSA) is 61.5 Å². The molecule has 0 fully saturated rings. The van der Waals surface area contributed by atoms with Gasteiger partial charge in [-0.2, -0.15) is 0 Å². The minimum atomic E-state index is -0.958. The molecular weight excluding hydrogens is 194 g/mol. The number of unbranched alkanes of at least 4 members (excludes halogenated alkanes) is 1. The van der Waals surface area contributed by atoms with Gasteiger partial charge in [0.1, 0.15) is 5.54 Å². The summed E-state index contributed by atoms with van der Waals surface area (Å²) in [4.78, 5) is 11.3. The molecule has 0 aromatic heterocycles. The Hall–Kier alpha value is -0.610. The Bertz CT molecular complexity index is 192. The predicted octanol–water partition coefficient (Wildman–Crippen LogP) is 1.47. The highest BCUT2D eigenvalue weighted by Gasteiger charge is 2.31. The van der Waals surface area contributed by atoms with Crippen LogP contribution in [0.15, 0.2) is 0 Å². The molecule has 0 aliphatic heterocycles. The van der Waals surface area contributed by atoms with Gasteiger partial charge in [-0.3, -0.25) is 4.79 Å². The first kappa shape index (κ1) is 14.4. The molecule has 90 valence electrons. The smallest absolute Gasteiger partial charge is 0.325 e. The van der Waals surface area contributed by atoms with E-state index in [-0.39, 0.29) is 6.10 Å². The summed E-state index contributed by atoms with van der Waals surface area (Å²) in [6.45, 7) is 6.41. The van der Waals surface area contributed by atoms with Crippen LogP contribution in [-0.4, -0.2) is 31.3 Å². The summed E-state index contributed by atoms with van der Waals surface area (Å²) < 4.78 is 10.1. The Labute approximate surface area is 92.1 Å². The van der Waals surface area contributed by atoms with Crippen molar-refractivity contribution < 1.29 is 14.3 Å². The molecule has 0 heterocycles. The normalized spacial score (nSPS) is 16.9. The van der Waals surface area contributed by atoms with Gasteiger partial charge in [-0.15, -0.1) is 0 Å². The molecule has 0 spiro atoms. The first-order valence-electron chi connectivity index (χ1n) is 5.43. The van der Waals surface area contributed by atoms with Crippen LogP contribution in [-0.2, 0) is 14.3 Å². The van der Waals surface area contributed by atoms with Crippen molar-refractivity contribution in [1.29, 1.82) is 0 Å². The number of nitrogens with two attached hydrogens (primary N) is 1. The van der Waals surface area contributed by atoms with Crippen LogP contribution in [0.4, 0.5) is 0 Å². The monoisotopic (exact) mass is 217 g/mol. The van der Waals surface area contributed by atoms with Crippen LogP contribution in [0.1, 0.15) is 40.0 Å². The number of ether oxygens (including phenoxy) is 2. The molecule has 0 radical (unpaired) electrons. The summed E-state index contributed by atoms with van der Waals surface area (Å²) in [5, 5.41) is 0. The van der Waals surface area contributed by atoms with Crippen LogP contribution in [0, 0.1) is 0 Å². The van der Waals surface area contributed by atoms with E-state index in [0.29, 0.717) is 6.42 Å². The maximum atomic E-state index is 11.3. The van der Waals surface area contributed by atoms with Crippen molar-refractivity contribution in [2.24, 2.45) is 5.73 Å². The lowest BCUT2D eigenvalue weighted by molar-refractivity contribution is -0.147. The number of esters is 1. The van der Waals surface area contributed by atoms with Gasteiger partial charge in [-0.25, -0.2) is 0 Å². The number of carbonyl (C=O) groups excluding carboxylic acids is 1. The molecule has 4 heteroatoms. The van der Waals surface area contributed by atoms with Crippen molar-refractivity contribution in [2.75, 3.05) is 13.7 Å². The maximum absolute atomic E-state index is 11.3. The van der Waals surface area contributed by atoms with Gasteiger partial charge in [-0.1, -0.05) is 13.3 Å². The van der Waals surface area contributed by atoms with E-state index in [1.165, 1.54) is 7.11 Å². The van der Waals surface area contributed by atoms with E-state index in [4.69, 9.17) is 10.5 Å². The molecule has 0 saturated carbocycles. The molecule has 4 nitrogen and oxygen atoms in total. The van der Waals surface area contributed by atoms with Gasteiger partial charge < -0.3 is 15.2 Å². The van der Waals surface area contributed by atoms with Crippen molar-refractivity contribution in [2.45, 2.75) is 51.7 Å². The number of hydrogen-bond acceptors (Lipinski definition) is 4. The van der Waals surface area contributed by atoms with Gasteiger partial charge in [0.15, 0.2) is 0 Å². The third-order valence-electron chi connectivity index (χ3n) is 2.26. The average molecular weight is 217 g/mol. The van der Waals surface area contributed by atoms with Crippen molar-refractivity contribution in [3.63, 3.8) is 0 Å². The second-order valence-corrected chi connectivity index (χ2v) is 4.15. The number of rotatable bonds is 7. The van der Waals surface area contributed by atoms with E-state index >= 15 is 0 Å². The van der Waals surface area contributed by atoms with Crippen molar-refractivity contribution in [3.05, 3.63) is 0 Å². The summed E-state index contributed by atoms with van der Waals surface area (Å²) in [7, 11) is 1.34. The fourth-order valence-electron chi connectivity index (χ4n) is 1.40. The average Bonchev–Trinajstić information content (AvgIpc) is 2.16.